The molecule has 0 radical (unpaired) electrons. The molecule has 50 heavy (non-hydrogen) atoms. The zero-order valence-corrected chi connectivity index (χ0v) is 30.2. The van der Waals surface area contributed by atoms with Crippen LogP contribution in [0.1, 0.15) is 75.0 Å². The van der Waals surface area contributed by atoms with Crippen LogP contribution in [-0.2, 0) is 27.2 Å². The van der Waals surface area contributed by atoms with Crippen LogP contribution in [0, 0.1) is 6.92 Å². The van der Waals surface area contributed by atoms with Gasteiger partial charge in [-0.05, 0) is 96.8 Å². The maximum atomic E-state index is 13.4. The number of ether oxygens (including phenoxy) is 4. The highest BCUT2D eigenvalue weighted by Crippen LogP contribution is 2.25. The summed E-state index contributed by atoms with van der Waals surface area (Å²) in [5.41, 5.74) is 10.7. The summed E-state index contributed by atoms with van der Waals surface area (Å²) >= 11 is 0. The molecule has 1 amide bonds. The highest BCUT2D eigenvalue weighted by molar-refractivity contribution is 6.04. The quantitative estimate of drug-likeness (QED) is 0.101. The van der Waals surface area contributed by atoms with Crippen molar-refractivity contribution >= 4 is 28.1 Å². The lowest BCUT2D eigenvalue weighted by Crippen LogP contribution is -2.32. The molecule has 0 aliphatic rings. The molecule has 0 aliphatic heterocycles. The van der Waals surface area contributed by atoms with E-state index in [-0.39, 0.29) is 17.1 Å². The first-order valence-electron chi connectivity index (χ1n) is 17.4. The summed E-state index contributed by atoms with van der Waals surface area (Å²) in [4.78, 5) is 22.4. The van der Waals surface area contributed by atoms with E-state index >= 15 is 0 Å². The standard InChI is InChI=1S/C38H51N7O5/c1-7-32-31-23-28(11-12-33(31)45(43-32)26-29-10-8-9-27(2)41-29)42-36(46)34-25-40-35-24-30(13-17-44(34)35)48-20-19-47-18-15-38(5,6)50-22-21-49-37(3,4)14-16-39/h8-13,17,23-25H,7,14-16,18-22,26,39H2,1-6H3,(H,42,46). The van der Waals surface area contributed by atoms with Crippen molar-refractivity contribution in [3.05, 3.63) is 83.7 Å². The number of rotatable bonds is 19. The third kappa shape index (κ3) is 9.87. The van der Waals surface area contributed by atoms with E-state index in [1.165, 1.54) is 0 Å². The third-order valence-electron chi connectivity index (χ3n) is 8.56. The van der Waals surface area contributed by atoms with Gasteiger partial charge in [-0.2, -0.15) is 5.10 Å². The summed E-state index contributed by atoms with van der Waals surface area (Å²) in [5, 5.41) is 8.88. The number of nitrogens with two attached hydrogens (primary N) is 1. The van der Waals surface area contributed by atoms with Crippen LogP contribution >= 0.6 is 0 Å². The molecular formula is C38H51N7O5. The van der Waals surface area contributed by atoms with Crippen molar-refractivity contribution < 1.29 is 23.7 Å². The van der Waals surface area contributed by atoms with Crippen molar-refractivity contribution in [3.8, 4) is 5.75 Å². The van der Waals surface area contributed by atoms with Gasteiger partial charge in [0.15, 0.2) is 0 Å². The van der Waals surface area contributed by atoms with Gasteiger partial charge in [0, 0.05) is 35.6 Å². The molecule has 268 valence electrons. The molecule has 4 heterocycles. The van der Waals surface area contributed by atoms with E-state index in [9.17, 15) is 4.79 Å². The lowest BCUT2D eigenvalue weighted by Gasteiger charge is -2.28. The van der Waals surface area contributed by atoms with Gasteiger partial charge in [-0.15, -0.1) is 0 Å². The number of nitrogens with one attached hydrogen (secondary N) is 1. The van der Waals surface area contributed by atoms with E-state index in [4.69, 9.17) is 29.8 Å². The van der Waals surface area contributed by atoms with Gasteiger partial charge < -0.3 is 30.0 Å². The van der Waals surface area contributed by atoms with Gasteiger partial charge in [0.05, 0.1) is 60.7 Å². The monoisotopic (exact) mass is 685 g/mol. The van der Waals surface area contributed by atoms with Gasteiger partial charge in [-0.3, -0.25) is 18.9 Å². The van der Waals surface area contributed by atoms with E-state index in [2.05, 4.69) is 22.2 Å². The molecule has 0 bridgehead atoms. The van der Waals surface area contributed by atoms with Crippen LogP contribution in [0.25, 0.3) is 16.6 Å². The normalized spacial score (nSPS) is 12.2. The Hall–Kier alpha value is -4.36. The number of benzene rings is 1. The van der Waals surface area contributed by atoms with Crippen molar-refractivity contribution in [2.45, 2.75) is 78.6 Å². The van der Waals surface area contributed by atoms with Gasteiger partial charge in [0.2, 0.25) is 0 Å². The number of pyridine rings is 2. The molecule has 5 rings (SSSR count). The smallest absolute Gasteiger partial charge is 0.274 e. The average molecular weight is 686 g/mol. The number of hydrogen-bond donors (Lipinski definition) is 2. The Balaban J connectivity index is 1.09. The van der Waals surface area contributed by atoms with Gasteiger partial charge in [0.25, 0.3) is 5.91 Å². The molecule has 0 spiro atoms. The van der Waals surface area contributed by atoms with E-state index in [0.717, 1.165) is 47.2 Å². The SMILES string of the molecule is CCc1nn(Cc2cccc(C)n2)c2ccc(NC(=O)c3cnc4cc(OCCOCCC(C)(C)OCCOC(C)(C)CCN)ccn34)cc12. The number of imidazole rings is 1. The fourth-order valence-electron chi connectivity index (χ4n) is 5.73. The molecule has 0 fully saturated rings. The Morgan fingerprint density at radius 2 is 1.72 bits per heavy atom. The number of nitrogens with zero attached hydrogens (tertiary/aromatic N) is 5. The summed E-state index contributed by atoms with van der Waals surface area (Å²) in [6, 6.07) is 15.5. The Bertz CT molecular complexity index is 1880. The third-order valence-corrected chi connectivity index (χ3v) is 8.56. The Morgan fingerprint density at radius 1 is 0.940 bits per heavy atom. The second kappa shape index (κ2) is 16.6. The van der Waals surface area contributed by atoms with Crippen LogP contribution in [0.15, 0.2) is 60.9 Å². The van der Waals surface area contributed by atoms with Crippen molar-refractivity contribution in [1.82, 2.24) is 24.1 Å². The number of anilines is 1. The molecule has 0 aliphatic carbocycles. The zero-order chi connectivity index (χ0) is 35.7. The van der Waals surface area contributed by atoms with Gasteiger partial charge in [0.1, 0.15) is 23.7 Å². The molecule has 4 aromatic heterocycles. The largest absolute Gasteiger partial charge is 0.491 e. The molecule has 12 nitrogen and oxygen atoms in total. The molecule has 1 aromatic carbocycles. The molecule has 3 N–H and O–H groups in total. The first-order valence-corrected chi connectivity index (χ1v) is 17.4. The first kappa shape index (κ1) is 36.9. The van der Waals surface area contributed by atoms with E-state index < -0.39 is 0 Å². The molecule has 5 aromatic rings. The van der Waals surface area contributed by atoms with E-state index in [1.54, 1.807) is 16.8 Å². The van der Waals surface area contributed by atoms with Gasteiger partial charge in [-0.25, -0.2) is 4.98 Å². The molecular weight excluding hydrogens is 634 g/mol. The number of carbonyl (C=O) groups excluding carboxylic acids is 1. The topological polar surface area (TPSA) is 140 Å². The minimum absolute atomic E-state index is 0.243. The molecule has 0 atom stereocenters. The van der Waals surface area contributed by atoms with Crippen LogP contribution in [0.2, 0.25) is 0 Å². The number of carbonyl (C=O) groups is 1. The lowest BCUT2D eigenvalue weighted by atomic mass is 10.1. The van der Waals surface area contributed by atoms with Crippen molar-refractivity contribution in [1.29, 1.82) is 0 Å². The second-order valence-corrected chi connectivity index (χ2v) is 13.6. The first-order chi connectivity index (χ1) is 24.0. The number of aromatic nitrogens is 5. The number of aryl methyl sites for hydroxylation is 2. The van der Waals surface area contributed by atoms with E-state index in [1.807, 2.05) is 87.8 Å². The lowest BCUT2D eigenvalue weighted by molar-refractivity contribution is -0.0937. The van der Waals surface area contributed by atoms with Crippen LogP contribution in [-0.4, -0.2) is 80.8 Å². The maximum Gasteiger partial charge on any atom is 0.274 e. The maximum absolute atomic E-state index is 13.4. The Labute approximate surface area is 294 Å². The fourth-order valence-corrected chi connectivity index (χ4v) is 5.73. The predicted octanol–water partition coefficient (Wildman–Crippen LogP) is 5.98. The summed E-state index contributed by atoms with van der Waals surface area (Å²) in [6.07, 6.45) is 5.67. The van der Waals surface area contributed by atoms with E-state index in [0.29, 0.717) is 68.9 Å². The minimum Gasteiger partial charge on any atom is -0.491 e. The highest BCUT2D eigenvalue weighted by atomic mass is 16.5. The zero-order valence-electron chi connectivity index (χ0n) is 30.2. The molecule has 0 saturated heterocycles. The molecule has 12 heteroatoms. The summed E-state index contributed by atoms with van der Waals surface area (Å²) in [7, 11) is 0. The second-order valence-electron chi connectivity index (χ2n) is 13.6. The molecule has 0 unspecified atom stereocenters. The number of hydrogen-bond acceptors (Lipinski definition) is 9. The number of fused-ring (bicyclic) bond motifs is 2. The summed E-state index contributed by atoms with van der Waals surface area (Å²) in [6.45, 7) is 15.8. The predicted molar refractivity (Wildman–Crippen MR) is 195 cm³/mol. The minimum atomic E-state index is -0.327. The van der Waals surface area contributed by atoms with Crippen molar-refractivity contribution in [3.63, 3.8) is 0 Å². The summed E-state index contributed by atoms with van der Waals surface area (Å²) in [5.74, 6) is 0.387. The average Bonchev–Trinajstić information content (AvgIpc) is 3.65. The van der Waals surface area contributed by atoms with Crippen LogP contribution in [0.5, 0.6) is 5.75 Å². The fraction of sp³-hybridized carbons (Fsp3) is 0.474. The summed E-state index contributed by atoms with van der Waals surface area (Å²) < 4.78 is 27.3. The van der Waals surface area contributed by atoms with Crippen molar-refractivity contribution in [2.24, 2.45) is 5.73 Å². The molecule has 0 saturated carbocycles. The van der Waals surface area contributed by atoms with Gasteiger partial charge >= 0.3 is 0 Å². The van der Waals surface area contributed by atoms with Crippen molar-refractivity contribution in [2.75, 3.05) is 44.9 Å². The van der Waals surface area contributed by atoms with Crippen LogP contribution < -0.4 is 15.8 Å². The Kier molecular flexibility index (Phi) is 12.2. The van der Waals surface area contributed by atoms with Gasteiger partial charge in [-0.1, -0.05) is 13.0 Å². The Morgan fingerprint density at radius 3 is 2.46 bits per heavy atom. The van der Waals surface area contributed by atoms with Crippen LogP contribution in [0.3, 0.4) is 0 Å². The highest BCUT2D eigenvalue weighted by Gasteiger charge is 2.21. The number of amides is 1. The van der Waals surface area contributed by atoms with Crippen LogP contribution in [0.4, 0.5) is 5.69 Å².